The maximum absolute atomic E-state index is 4.40. The van der Waals surface area contributed by atoms with E-state index >= 15 is 0 Å². The standard InChI is InChI=1S/C21H29N5/c1-17-15-23-12-10-18(17)11-13-24-21(22-2)25-19-7-6-14-26(16-19)20-8-4-3-5-9-20/h3-5,8-10,12,15,19H,6-7,11,13-14,16H2,1-2H3,(H2,22,24,25). The van der Waals surface area contributed by atoms with Crippen LogP contribution in [0.4, 0.5) is 5.69 Å². The van der Waals surface area contributed by atoms with Crippen molar-refractivity contribution in [3.05, 3.63) is 59.9 Å². The van der Waals surface area contributed by atoms with E-state index in [9.17, 15) is 0 Å². The molecule has 0 bridgehead atoms. The molecule has 26 heavy (non-hydrogen) atoms. The van der Waals surface area contributed by atoms with Gasteiger partial charge in [-0.3, -0.25) is 9.98 Å². The highest BCUT2D eigenvalue weighted by Crippen LogP contribution is 2.19. The number of nitrogens with one attached hydrogen (secondary N) is 2. The Labute approximate surface area is 156 Å². The van der Waals surface area contributed by atoms with Gasteiger partial charge in [0.25, 0.3) is 0 Å². The molecule has 0 amide bonds. The Morgan fingerprint density at radius 3 is 2.88 bits per heavy atom. The molecule has 138 valence electrons. The van der Waals surface area contributed by atoms with Gasteiger partial charge >= 0.3 is 0 Å². The second-order valence-electron chi connectivity index (χ2n) is 6.82. The van der Waals surface area contributed by atoms with Crippen LogP contribution in [-0.2, 0) is 6.42 Å². The monoisotopic (exact) mass is 351 g/mol. The van der Waals surface area contributed by atoms with Crippen molar-refractivity contribution in [2.45, 2.75) is 32.2 Å². The van der Waals surface area contributed by atoms with Crippen molar-refractivity contribution >= 4 is 11.6 Å². The zero-order valence-corrected chi connectivity index (χ0v) is 15.8. The molecule has 0 saturated carbocycles. The molecule has 0 spiro atoms. The summed E-state index contributed by atoms with van der Waals surface area (Å²) in [5, 5.41) is 7.04. The number of hydrogen-bond acceptors (Lipinski definition) is 3. The lowest BCUT2D eigenvalue weighted by Gasteiger charge is -2.35. The third kappa shape index (κ3) is 4.97. The van der Waals surface area contributed by atoms with E-state index < -0.39 is 0 Å². The first kappa shape index (κ1) is 18.2. The number of para-hydroxylation sites is 1. The first-order valence-electron chi connectivity index (χ1n) is 9.43. The highest BCUT2D eigenvalue weighted by molar-refractivity contribution is 5.80. The number of nitrogens with zero attached hydrogens (tertiary/aromatic N) is 3. The van der Waals surface area contributed by atoms with E-state index in [0.717, 1.165) is 32.0 Å². The van der Waals surface area contributed by atoms with Crippen LogP contribution in [0.25, 0.3) is 0 Å². The van der Waals surface area contributed by atoms with Gasteiger partial charge in [0, 0.05) is 50.8 Å². The van der Waals surface area contributed by atoms with Gasteiger partial charge in [0.05, 0.1) is 0 Å². The van der Waals surface area contributed by atoms with Gasteiger partial charge in [0.1, 0.15) is 0 Å². The van der Waals surface area contributed by atoms with Crippen LogP contribution in [-0.4, -0.2) is 43.7 Å². The molecular weight excluding hydrogens is 322 g/mol. The number of benzene rings is 1. The number of piperidine rings is 1. The fourth-order valence-corrected chi connectivity index (χ4v) is 3.45. The van der Waals surface area contributed by atoms with Gasteiger partial charge in [-0.15, -0.1) is 0 Å². The lowest BCUT2D eigenvalue weighted by Crippen LogP contribution is -2.51. The maximum Gasteiger partial charge on any atom is 0.191 e. The second-order valence-corrected chi connectivity index (χ2v) is 6.82. The van der Waals surface area contributed by atoms with Crippen molar-refractivity contribution in [1.82, 2.24) is 15.6 Å². The predicted octanol–water partition coefficient (Wildman–Crippen LogP) is 2.77. The van der Waals surface area contributed by atoms with Crippen LogP contribution in [0, 0.1) is 6.92 Å². The summed E-state index contributed by atoms with van der Waals surface area (Å²) < 4.78 is 0. The maximum atomic E-state index is 4.40. The largest absolute Gasteiger partial charge is 0.369 e. The predicted molar refractivity (Wildman–Crippen MR) is 109 cm³/mol. The number of aromatic nitrogens is 1. The van der Waals surface area contributed by atoms with E-state index in [4.69, 9.17) is 0 Å². The van der Waals surface area contributed by atoms with Crippen LogP contribution < -0.4 is 15.5 Å². The molecule has 0 radical (unpaired) electrons. The SMILES string of the molecule is CN=C(NCCc1ccncc1C)NC1CCCN(c2ccccc2)C1. The highest BCUT2D eigenvalue weighted by Gasteiger charge is 2.20. The minimum Gasteiger partial charge on any atom is -0.369 e. The van der Waals surface area contributed by atoms with Crippen molar-refractivity contribution in [3.63, 3.8) is 0 Å². The van der Waals surface area contributed by atoms with E-state index in [-0.39, 0.29) is 0 Å². The van der Waals surface area contributed by atoms with Crippen molar-refractivity contribution in [1.29, 1.82) is 0 Å². The number of anilines is 1. The Balaban J connectivity index is 1.49. The van der Waals surface area contributed by atoms with Gasteiger partial charge in [-0.2, -0.15) is 0 Å². The number of guanidine groups is 1. The molecule has 2 aromatic rings. The van der Waals surface area contributed by atoms with Crippen molar-refractivity contribution in [3.8, 4) is 0 Å². The molecular formula is C21H29N5. The Bertz CT molecular complexity index is 713. The van der Waals surface area contributed by atoms with E-state index in [1.807, 2.05) is 19.4 Å². The molecule has 2 heterocycles. The lowest BCUT2D eigenvalue weighted by molar-refractivity contribution is 0.468. The highest BCUT2D eigenvalue weighted by atomic mass is 15.2. The third-order valence-electron chi connectivity index (χ3n) is 4.93. The molecule has 5 nitrogen and oxygen atoms in total. The molecule has 1 aliphatic heterocycles. The molecule has 2 N–H and O–H groups in total. The number of hydrogen-bond donors (Lipinski definition) is 2. The number of rotatable bonds is 5. The fraction of sp³-hybridized carbons (Fsp3) is 0.429. The molecule has 3 rings (SSSR count). The van der Waals surface area contributed by atoms with Crippen LogP contribution in [0.3, 0.4) is 0 Å². The Morgan fingerprint density at radius 2 is 2.12 bits per heavy atom. The molecule has 1 atom stereocenters. The number of pyridine rings is 1. The topological polar surface area (TPSA) is 52.6 Å². The lowest BCUT2D eigenvalue weighted by atomic mass is 10.0. The summed E-state index contributed by atoms with van der Waals surface area (Å²) in [6, 6.07) is 13.2. The number of aryl methyl sites for hydroxylation is 1. The van der Waals surface area contributed by atoms with Gasteiger partial charge < -0.3 is 15.5 Å². The minimum absolute atomic E-state index is 0.415. The zero-order chi connectivity index (χ0) is 18.2. The smallest absolute Gasteiger partial charge is 0.191 e. The van der Waals surface area contributed by atoms with Crippen LogP contribution in [0.15, 0.2) is 53.8 Å². The minimum atomic E-state index is 0.415. The summed E-state index contributed by atoms with van der Waals surface area (Å²) in [5.74, 6) is 0.886. The van der Waals surface area contributed by atoms with Gasteiger partial charge in [-0.25, -0.2) is 0 Å². The summed E-state index contributed by atoms with van der Waals surface area (Å²) in [7, 11) is 1.84. The second kappa shape index (κ2) is 9.22. The molecule has 1 saturated heterocycles. The summed E-state index contributed by atoms with van der Waals surface area (Å²) in [6.07, 6.45) is 7.11. The average Bonchev–Trinajstić information content (AvgIpc) is 2.69. The van der Waals surface area contributed by atoms with Crippen LogP contribution >= 0.6 is 0 Å². The van der Waals surface area contributed by atoms with Crippen LogP contribution in [0.5, 0.6) is 0 Å². The molecule has 1 aliphatic rings. The first-order chi connectivity index (χ1) is 12.8. The van der Waals surface area contributed by atoms with E-state index in [1.165, 1.54) is 29.7 Å². The third-order valence-corrected chi connectivity index (χ3v) is 4.93. The quantitative estimate of drug-likeness (QED) is 0.642. The van der Waals surface area contributed by atoms with E-state index in [0.29, 0.717) is 6.04 Å². The normalized spacial score (nSPS) is 17.8. The Morgan fingerprint density at radius 1 is 1.27 bits per heavy atom. The molecule has 1 aromatic heterocycles. The summed E-state index contributed by atoms with van der Waals surface area (Å²) in [6.45, 7) is 5.10. The van der Waals surface area contributed by atoms with Crippen LogP contribution in [0.2, 0.25) is 0 Å². The number of aliphatic imine (C=N–C) groups is 1. The molecule has 1 fully saturated rings. The summed E-state index contributed by atoms with van der Waals surface area (Å²) in [5.41, 5.74) is 3.87. The molecule has 5 heteroatoms. The van der Waals surface area contributed by atoms with Crippen molar-refractivity contribution in [2.75, 3.05) is 31.6 Å². The molecule has 0 aliphatic carbocycles. The molecule has 1 unspecified atom stereocenters. The summed E-state index contributed by atoms with van der Waals surface area (Å²) >= 11 is 0. The average molecular weight is 351 g/mol. The van der Waals surface area contributed by atoms with Gasteiger partial charge in [0.15, 0.2) is 5.96 Å². The van der Waals surface area contributed by atoms with E-state index in [2.05, 4.69) is 68.8 Å². The van der Waals surface area contributed by atoms with Gasteiger partial charge in [-0.1, -0.05) is 18.2 Å². The van der Waals surface area contributed by atoms with Crippen LogP contribution in [0.1, 0.15) is 24.0 Å². The van der Waals surface area contributed by atoms with Gasteiger partial charge in [0.2, 0.25) is 0 Å². The Hall–Kier alpha value is -2.56. The van der Waals surface area contributed by atoms with Crippen molar-refractivity contribution in [2.24, 2.45) is 4.99 Å². The fourth-order valence-electron chi connectivity index (χ4n) is 3.45. The van der Waals surface area contributed by atoms with Crippen molar-refractivity contribution < 1.29 is 0 Å². The molecule has 1 aromatic carbocycles. The van der Waals surface area contributed by atoms with E-state index in [1.54, 1.807) is 0 Å². The first-order valence-corrected chi connectivity index (χ1v) is 9.43. The summed E-state index contributed by atoms with van der Waals surface area (Å²) in [4.78, 5) is 11.0. The Kier molecular flexibility index (Phi) is 6.47. The van der Waals surface area contributed by atoms with Gasteiger partial charge in [-0.05, 0) is 55.5 Å². The zero-order valence-electron chi connectivity index (χ0n) is 15.8.